The van der Waals surface area contributed by atoms with Gasteiger partial charge >= 0.3 is 0 Å². The summed E-state index contributed by atoms with van der Waals surface area (Å²) in [6.07, 6.45) is 2.57. The largest absolute Gasteiger partial charge is 0.459 e. The van der Waals surface area contributed by atoms with E-state index < -0.39 is 0 Å². The number of carbonyl (C=O) groups excluding carboxylic acids is 1. The molecule has 3 heterocycles. The van der Waals surface area contributed by atoms with E-state index in [1.807, 2.05) is 12.1 Å². The maximum Gasteiger partial charge on any atom is 0.293 e. The van der Waals surface area contributed by atoms with Crippen LogP contribution in [0.5, 0.6) is 0 Å². The summed E-state index contributed by atoms with van der Waals surface area (Å²) in [5.74, 6) is 0.0219. The van der Waals surface area contributed by atoms with Crippen LogP contribution in [0.4, 0.5) is 10.8 Å². The third-order valence-electron chi connectivity index (χ3n) is 4.22. The monoisotopic (exact) mass is 340 g/mol. The summed E-state index contributed by atoms with van der Waals surface area (Å²) in [6.45, 7) is 2.83. The summed E-state index contributed by atoms with van der Waals surface area (Å²) >= 11 is 1.27. The van der Waals surface area contributed by atoms with Crippen molar-refractivity contribution < 1.29 is 9.21 Å². The molecule has 1 N–H and O–H groups in total. The predicted octanol–water partition coefficient (Wildman–Crippen LogP) is 3.33. The van der Waals surface area contributed by atoms with Gasteiger partial charge in [0.25, 0.3) is 5.91 Å². The number of para-hydroxylation sites is 1. The summed E-state index contributed by atoms with van der Waals surface area (Å²) in [5.41, 5.74) is 5.00. The highest BCUT2D eigenvalue weighted by molar-refractivity contribution is 7.13. The topological polar surface area (TPSA) is 71.3 Å². The normalized spacial score (nSPS) is 16.2. The van der Waals surface area contributed by atoms with Crippen LogP contribution < -0.4 is 10.2 Å². The van der Waals surface area contributed by atoms with Crippen LogP contribution in [-0.4, -0.2) is 22.1 Å². The third-order valence-corrected chi connectivity index (χ3v) is 4.83. The zero-order valence-electron chi connectivity index (χ0n) is 13.1. The lowest BCUT2D eigenvalue weighted by atomic mass is 10.1. The van der Waals surface area contributed by atoms with Crippen LogP contribution >= 0.6 is 11.3 Å². The first-order valence-corrected chi connectivity index (χ1v) is 8.59. The highest BCUT2D eigenvalue weighted by atomic mass is 32.1. The fourth-order valence-electron chi connectivity index (χ4n) is 3.09. The van der Waals surface area contributed by atoms with Crippen molar-refractivity contribution in [2.75, 3.05) is 10.2 Å². The number of amides is 1. The first-order valence-electron chi connectivity index (χ1n) is 7.71. The van der Waals surface area contributed by atoms with Gasteiger partial charge in [-0.2, -0.15) is 0 Å². The third kappa shape index (κ3) is 2.67. The number of benzene rings is 1. The summed E-state index contributed by atoms with van der Waals surface area (Å²) in [5, 5.41) is 10.7. The molecule has 0 fully saturated rings. The number of nitrogens with one attached hydrogen (secondary N) is 1. The van der Waals surface area contributed by atoms with E-state index in [-0.39, 0.29) is 5.91 Å². The van der Waals surface area contributed by atoms with Crippen molar-refractivity contribution >= 4 is 28.1 Å². The molecule has 1 aliphatic heterocycles. The molecule has 0 bridgehead atoms. The van der Waals surface area contributed by atoms with E-state index in [1.165, 1.54) is 22.6 Å². The predicted molar refractivity (Wildman–Crippen MR) is 92.4 cm³/mol. The summed E-state index contributed by atoms with van der Waals surface area (Å²) < 4.78 is 5.43. The minimum Gasteiger partial charge on any atom is -0.459 e. The van der Waals surface area contributed by atoms with Crippen LogP contribution in [0.15, 0.2) is 46.5 Å². The molecule has 0 spiro atoms. The van der Waals surface area contributed by atoms with E-state index in [0.717, 1.165) is 12.0 Å². The molecule has 7 heteroatoms. The molecule has 1 aromatic carbocycles. The van der Waals surface area contributed by atoms with Crippen LogP contribution in [0.2, 0.25) is 0 Å². The molecule has 0 radical (unpaired) electrons. The molecule has 2 aromatic heterocycles. The van der Waals surface area contributed by atoms with Crippen LogP contribution in [0, 0.1) is 0 Å². The van der Waals surface area contributed by atoms with E-state index in [4.69, 9.17) is 4.42 Å². The van der Waals surface area contributed by atoms with Gasteiger partial charge in [0.05, 0.1) is 6.26 Å². The molecular weight excluding hydrogens is 324 g/mol. The molecule has 122 valence electrons. The Morgan fingerprint density at radius 1 is 1.42 bits per heavy atom. The smallest absolute Gasteiger partial charge is 0.293 e. The van der Waals surface area contributed by atoms with Crippen molar-refractivity contribution in [1.29, 1.82) is 0 Å². The maximum atomic E-state index is 12.4. The molecule has 3 aromatic rings. The first kappa shape index (κ1) is 14.9. The molecule has 24 heavy (non-hydrogen) atoms. The lowest BCUT2D eigenvalue weighted by molar-refractivity contribution is 0.0995. The average molecular weight is 340 g/mol. The molecule has 1 aliphatic rings. The summed E-state index contributed by atoms with van der Waals surface area (Å²) in [7, 11) is 0. The number of anilines is 2. The highest BCUT2D eigenvalue weighted by Crippen LogP contribution is 2.33. The van der Waals surface area contributed by atoms with Crippen molar-refractivity contribution in [1.82, 2.24) is 10.2 Å². The Morgan fingerprint density at radius 2 is 2.29 bits per heavy atom. The Kier molecular flexibility index (Phi) is 3.78. The van der Waals surface area contributed by atoms with Gasteiger partial charge in [0.15, 0.2) is 5.76 Å². The van der Waals surface area contributed by atoms with Gasteiger partial charge in [0, 0.05) is 23.8 Å². The van der Waals surface area contributed by atoms with Crippen molar-refractivity contribution in [3.63, 3.8) is 0 Å². The van der Waals surface area contributed by atoms with E-state index in [9.17, 15) is 4.79 Å². The second-order valence-electron chi connectivity index (χ2n) is 5.78. The van der Waals surface area contributed by atoms with Crippen LogP contribution in [0.1, 0.15) is 28.6 Å². The van der Waals surface area contributed by atoms with E-state index in [1.54, 1.807) is 11.8 Å². The van der Waals surface area contributed by atoms with Gasteiger partial charge in [-0.3, -0.25) is 10.1 Å². The van der Waals surface area contributed by atoms with Gasteiger partial charge < -0.3 is 9.32 Å². The molecule has 0 unspecified atom stereocenters. The number of aromatic nitrogens is 2. The molecule has 1 amide bonds. The molecule has 1 atom stereocenters. The van der Waals surface area contributed by atoms with Gasteiger partial charge in [-0.25, -0.2) is 0 Å². The Morgan fingerprint density at radius 3 is 3.12 bits per heavy atom. The zero-order valence-corrected chi connectivity index (χ0v) is 13.9. The molecule has 0 saturated carbocycles. The van der Waals surface area contributed by atoms with E-state index >= 15 is 0 Å². The van der Waals surface area contributed by atoms with Crippen LogP contribution in [0.3, 0.4) is 0 Å². The SMILES string of the molecule is C[C@H]1Cc2ccccc2N1Cc1ccoc1C(=O)Nc1nncs1. The number of hydrogen-bond donors (Lipinski definition) is 1. The maximum absolute atomic E-state index is 12.4. The zero-order chi connectivity index (χ0) is 16.5. The van der Waals surface area contributed by atoms with Gasteiger partial charge in [-0.05, 0) is 31.0 Å². The lowest BCUT2D eigenvalue weighted by Crippen LogP contribution is -2.29. The minimum absolute atomic E-state index is 0.299. The van der Waals surface area contributed by atoms with E-state index in [0.29, 0.717) is 23.5 Å². The van der Waals surface area contributed by atoms with Gasteiger partial charge in [0.2, 0.25) is 5.13 Å². The number of fused-ring (bicyclic) bond motifs is 1. The number of nitrogens with zero attached hydrogens (tertiary/aromatic N) is 3. The fourth-order valence-corrected chi connectivity index (χ4v) is 3.53. The number of furan rings is 1. The van der Waals surface area contributed by atoms with Gasteiger partial charge in [-0.15, -0.1) is 10.2 Å². The standard InChI is InChI=1S/C17H16N4O2S/c1-11-8-12-4-2-3-5-14(12)21(11)9-13-6-7-23-15(13)16(22)19-17-20-18-10-24-17/h2-7,10-11H,8-9H2,1H3,(H,19,20,22)/t11-/m0/s1. The van der Waals surface area contributed by atoms with E-state index in [2.05, 4.69) is 45.5 Å². The molecule has 0 aliphatic carbocycles. The van der Waals surface area contributed by atoms with Gasteiger partial charge in [-0.1, -0.05) is 29.5 Å². The molecule has 4 rings (SSSR count). The summed E-state index contributed by atoms with van der Waals surface area (Å²) in [6, 6.07) is 10.6. The summed E-state index contributed by atoms with van der Waals surface area (Å²) in [4.78, 5) is 14.7. The quantitative estimate of drug-likeness (QED) is 0.789. The second-order valence-corrected chi connectivity index (χ2v) is 6.62. The van der Waals surface area contributed by atoms with Crippen molar-refractivity contribution in [2.24, 2.45) is 0 Å². The van der Waals surface area contributed by atoms with Gasteiger partial charge in [0.1, 0.15) is 5.51 Å². The van der Waals surface area contributed by atoms with Crippen molar-refractivity contribution in [3.05, 3.63) is 59.0 Å². The van der Waals surface area contributed by atoms with Crippen LogP contribution in [-0.2, 0) is 13.0 Å². The van der Waals surface area contributed by atoms with Crippen LogP contribution in [0.25, 0.3) is 0 Å². The lowest BCUT2D eigenvalue weighted by Gasteiger charge is -2.24. The minimum atomic E-state index is -0.299. The average Bonchev–Trinajstić information content (AvgIpc) is 3.29. The fraction of sp³-hybridized carbons (Fsp3) is 0.235. The first-order chi connectivity index (χ1) is 11.7. The molecule has 0 saturated heterocycles. The number of rotatable bonds is 4. The Hall–Kier alpha value is -2.67. The van der Waals surface area contributed by atoms with Crippen molar-refractivity contribution in [2.45, 2.75) is 25.9 Å². The Labute approximate surface area is 143 Å². The second kappa shape index (κ2) is 6.09. The Bertz CT molecular complexity index is 859. The molecule has 6 nitrogen and oxygen atoms in total. The molecular formula is C17H16N4O2S. The van der Waals surface area contributed by atoms with Crippen molar-refractivity contribution in [3.8, 4) is 0 Å². The highest BCUT2D eigenvalue weighted by Gasteiger charge is 2.27. The Balaban J connectivity index is 1.56. The number of carbonyl (C=O) groups is 1. The number of hydrogen-bond acceptors (Lipinski definition) is 6.